The Bertz CT molecular complexity index is 604. The van der Waals surface area contributed by atoms with Gasteiger partial charge in [-0.15, -0.1) is 0 Å². The van der Waals surface area contributed by atoms with E-state index in [0.717, 1.165) is 12.5 Å². The van der Waals surface area contributed by atoms with Crippen molar-refractivity contribution in [1.29, 1.82) is 0 Å². The summed E-state index contributed by atoms with van der Waals surface area (Å²) < 4.78 is 0. The van der Waals surface area contributed by atoms with Gasteiger partial charge in [0.1, 0.15) is 5.69 Å². The topological polar surface area (TPSA) is 123 Å². The molecule has 8 nitrogen and oxygen atoms in total. The zero-order chi connectivity index (χ0) is 14.7. The summed E-state index contributed by atoms with van der Waals surface area (Å²) in [4.78, 5) is 50.7. The lowest BCUT2D eigenvalue weighted by Gasteiger charge is -2.15. The summed E-state index contributed by atoms with van der Waals surface area (Å²) in [5, 5.41) is 8.63. The minimum absolute atomic E-state index is 0.0439. The molecule has 0 aliphatic carbocycles. The molecule has 1 aliphatic heterocycles. The number of aliphatic carboxylic acids is 1. The fourth-order valence-electron chi connectivity index (χ4n) is 2.33. The van der Waals surface area contributed by atoms with Gasteiger partial charge in [-0.25, -0.2) is 4.79 Å². The highest BCUT2D eigenvalue weighted by atomic mass is 16.4. The van der Waals surface area contributed by atoms with Gasteiger partial charge in [0.25, 0.3) is 11.5 Å². The molecule has 1 aliphatic rings. The Balaban J connectivity index is 2.02. The monoisotopic (exact) mass is 281 g/mol. The summed E-state index contributed by atoms with van der Waals surface area (Å²) in [5.41, 5.74) is -1.39. The van der Waals surface area contributed by atoms with Crippen molar-refractivity contribution in [2.45, 2.75) is 19.3 Å². The summed E-state index contributed by atoms with van der Waals surface area (Å²) in [6, 6.07) is 1.05. The van der Waals surface area contributed by atoms with Gasteiger partial charge in [-0.2, -0.15) is 0 Å². The molecule has 8 heteroatoms. The minimum atomic E-state index is -0.853. The Morgan fingerprint density at radius 2 is 2.10 bits per heavy atom. The van der Waals surface area contributed by atoms with E-state index in [4.69, 9.17) is 5.11 Å². The van der Waals surface area contributed by atoms with E-state index in [1.165, 1.54) is 4.90 Å². The van der Waals surface area contributed by atoms with Crippen molar-refractivity contribution in [3.63, 3.8) is 0 Å². The molecule has 20 heavy (non-hydrogen) atoms. The van der Waals surface area contributed by atoms with Crippen molar-refractivity contribution in [2.75, 3.05) is 13.1 Å². The van der Waals surface area contributed by atoms with Gasteiger partial charge in [-0.3, -0.25) is 19.4 Å². The number of carbonyl (C=O) groups excluding carboxylic acids is 1. The number of carbonyl (C=O) groups is 2. The van der Waals surface area contributed by atoms with Gasteiger partial charge in [0.05, 0.1) is 0 Å². The number of amides is 1. The van der Waals surface area contributed by atoms with Gasteiger partial charge in [0.2, 0.25) is 0 Å². The normalized spacial score (nSPS) is 18.2. The molecule has 2 rings (SSSR count). The van der Waals surface area contributed by atoms with Crippen LogP contribution in [0.25, 0.3) is 0 Å². The van der Waals surface area contributed by atoms with Crippen molar-refractivity contribution in [2.24, 2.45) is 5.92 Å². The molecule has 0 saturated carbocycles. The molecule has 108 valence electrons. The van der Waals surface area contributed by atoms with E-state index in [1.54, 1.807) is 0 Å². The van der Waals surface area contributed by atoms with Crippen LogP contribution in [0.3, 0.4) is 0 Å². The van der Waals surface area contributed by atoms with Crippen molar-refractivity contribution in [3.05, 3.63) is 32.6 Å². The van der Waals surface area contributed by atoms with Crippen LogP contribution in [0.1, 0.15) is 29.8 Å². The van der Waals surface area contributed by atoms with E-state index < -0.39 is 23.1 Å². The van der Waals surface area contributed by atoms with Crippen LogP contribution in [0.4, 0.5) is 0 Å². The number of nitrogens with one attached hydrogen (secondary N) is 2. The van der Waals surface area contributed by atoms with Crippen LogP contribution in [0, 0.1) is 5.92 Å². The largest absolute Gasteiger partial charge is 0.481 e. The van der Waals surface area contributed by atoms with Crippen molar-refractivity contribution < 1.29 is 14.7 Å². The minimum Gasteiger partial charge on any atom is -0.481 e. The Kier molecular flexibility index (Phi) is 4.02. The number of carboxylic acids is 1. The first-order valence-electron chi connectivity index (χ1n) is 6.30. The maximum Gasteiger partial charge on any atom is 0.326 e. The molecule has 0 spiro atoms. The second-order valence-corrected chi connectivity index (χ2v) is 4.84. The first-order chi connectivity index (χ1) is 9.45. The smallest absolute Gasteiger partial charge is 0.326 e. The molecule has 0 bridgehead atoms. The van der Waals surface area contributed by atoms with Gasteiger partial charge in [-0.1, -0.05) is 0 Å². The summed E-state index contributed by atoms with van der Waals surface area (Å²) in [6.45, 7) is 0.943. The molecule has 1 fully saturated rings. The standard InChI is InChI=1S/C12H15N3O5/c16-9-5-8(13-12(20)14-9)11(19)15-4-3-7(6-15)1-2-10(17)18/h5,7H,1-4,6H2,(H,17,18)(H2,13,14,16,20). The second-order valence-electron chi connectivity index (χ2n) is 4.84. The number of H-pyrrole nitrogens is 2. The molecule has 0 radical (unpaired) electrons. The van der Waals surface area contributed by atoms with Gasteiger partial charge < -0.3 is 15.0 Å². The lowest BCUT2D eigenvalue weighted by molar-refractivity contribution is -0.137. The quantitative estimate of drug-likeness (QED) is 0.679. The van der Waals surface area contributed by atoms with Gasteiger partial charge in [0.15, 0.2) is 0 Å². The fourth-order valence-corrected chi connectivity index (χ4v) is 2.33. The molecule has 1 atom stereocenters. The number of aromatic amines is 2. The van der Waals surface area contributed by atoms with Gasteiger partial charge in [0, 0.05) is 25.6 Å². The third-order valence-electron chi connectivity index (χ3n) is 3.33. The highest BCUT2D eigenvalue weighted by molar-refractivity contribution is 5.92. The van der Waals surface area contributed by atoms with Crippen LogP contribution >= 0.6 is 0 Å². The van der Waals surface area contributed by atoms with Crippen LogP contribution in [-0.4, -0.2) is 44.9 Å². The average molecular weight is 281 g/mol. The first-order valence-corrected chi connectivity index (χ1v) is 6.30. The van der Waals surface area contributed by atoms with Gasteiger partial charge in [-0.05, 0) is 18.8 Å². The summed E-state index contributed by atoms with van der Waals surface area (Å²) >= 11 is 0. The van der Waals surface area contributed by atoms with Crippen molar-refractivity contribution in [3.8, 4) is 0 Å². The highest BCUT2D eigenvalue weighted by Gasteiger charge is 2.27. The maximum atomic E-state index is 12.1. The summed E-state index contributed by atoms with van der Waals surface area (Å²) in [5.74, 6) is -1.12. The average Bonchev–Trinajstić information content (AvgIpc) is 2.83. The molecule has 0 aromatic carbocycles. The van der Waals surface area contributed by atoms with Crippen LogP contribution in [0.2, 0.25) is 0 Å². The summed E-state index contributed by atoms with van der Waals surface area (Å²) in [6.07, 6.45) is 1.33. The predicted octanol–water partition coefficient (Wildman–Crippen LogP) is -0.610. The van der Waals surface area contributed by atoms with E-state index in [9.17, 15) is 19.2 Å². The number of hydrogen-bond donors (Lipinski definition) is 3. The number of carboxylic acid groups (broad SMARTS) is 1. The number of hydrogen-bond acceptors (Lipinski definition) is 4. The lowest BCUT2D eigenvalue weighted by Crippen LogP contribution is -2.33. The fraction of sp³-hybridized carbons (Fsp3) is 0.500. The Morgan fingerprint density at radius 1 is 1.35 bits per heavy atom. The summed E-state index contributed by atoms with van der Waals surface area (Å²) in [7, 11) is 0. The predicted molar refractivity (Wildman–Crippen MR) is 68.6 cm³/mol. The molecule has 1 aromatic heterocycles. The van der Waals surface area contributed by atoms with Crippen LogP contribution in [-0.2, 0) is 4.79 Å². The molecular formula is C12H15N3O5. The molecule has 1 saturated heterocycles. The zero-order valence-corrected chi connectivity index (χ0v) is 10.7. The van der Waals surface area contributed by atoms with E-state index in [-0.39, 0.29) is 18.0 Å². The van der Waals surface area contributed by atoms with E-state index >= 15 is 0 Å². The van der Waals surface area contributed by atoms with Gasteiger partial charge >= 0.3 is 11.7 Å². The van der Waals surface area contributed by atoms with Crippen LogP contribution in [0.5, 0.6) is 0 Å². The Labute approximate surface area is 113 Å². The molecule has 1 unspecified atom stereocenters. The van der Waals surface area contributed by atoms with Crippen LogP contribution in [0.15, 0.2) is 15.7 Å². The Morgan fingerprint density at radius 3 is 2.75 bits per heavy atom. The Hall–Kier alpha value is -2.38. The lowest BCUT2D eigenvalue weighted by atomic mass is 10.0. The third-order valence-corrected chi connectivity index (χ3v) is 3.33. The first kappa shape index (κ1) is 14.0. The zero-order valence-electron chi connectivity index (χ0n) is 10.7. The number of aromatic nitrogens is 2. The van der Waals surface area contributed by atoms with Crippen molar-refractivity contribution >= 4 is 11.9 Å². The van der Waals surface area contributed by atoms with E-state index in [0.29, 0.717) is 19.5 Å². The molecule has 2 heterocycles. The molecule has 3 N–H and O–H groups in total. The van der Waals surface area contributed by atoms with E-state index in [1.807, 2.05) is 4.98 Å². The van der Waals surface area contributed by atoms with E-state index in [2.05, 4.69) is 4.98 Å². The second kappa shape index (κ2) is 5.72. The molecule has 1 amide bonds. The maximum absolute atomic E-state index is 12.1. The number of likely N-dealkylation sites (tertiary alicyclic amines) is 1. The SMILES string of the molecule is O=C(O)CCC1CCN(C(=O)c2cc(=O)[nH]c(=O)[nH]2)C1. The third kappa shape index (κ3) is 3.34. The number of nitrogens with zero attached hydrogens (tertiary/aromatic N) is 1. The highest BCUT2D eigenvalue weighted by Crippen LogP contribution is 2.21. The molecular weight excluding hydrogens is 266 g/mol. The molecule has 1 aromatic rings. The number of rotatable bonds is 4. The van der Waals surface area contributed by atoms with Crippen LogP contribution < -0.4 is 11.2 Å². The van der Waals surface area contributed by atoms with Crippen molar-refractivity contribution in [1.82, 2.24) is 14.9 Å².